The molecule has 2 aliphatic rings. The van der Waals surface area contributed by atoms with E-state index in [0.717, 1.165) is 31.5 Å². The van der Waals surface area contributed by atoms with Gasteiger partial charge in [-0.05, 0) is 18.4 Å². The van der Waals surface area contributed by atoms with Gasteiger partial charge in [-0.25, -0.2) is 4.79 Å². The van der Waals surface area contributed by atoms with E-state index in [-0.39, 0.29) is 24.6 Å². The van der Waals surface area contributed by atoms with Crippen molar-refractivity contribution in [2.75, 3.05) is 19.6 Å². The van der Waals surface area contributed by atoms with E-state index in [9.17, 15) is 9.59 Å². The summed E-state index contributed by atoms with van der Waals surface area (Å²) < 4.78 is 5.31. The van der Waals surface area contributed by atoms with Gasteiger partial charge in [0.2, 0.25) is 5.91 Å². The lowest BCUT2D eigenvalue weighted by atomic mass is 10.2. The largest absolute Gasteiger partial charge is 0.445 e. The van der Waals surface area contributed by atoms with Crippen LogP contribution in [0.25, 0.3) is 0 Å². The van der Waals surface area contributed by atoms with Crippen LogP contribution in [0.15, 0.2) is 30.3 Å². The van der Waals surface area contributed by atoms with Gasteiger partial charge in [0.15, 0.2) is 0 Å². The van der Waals surface area contributed by atoms with E-state index in [0.29, 0.717) is 6.54 Å². The molecule has 0 bridgehead atoms. The molecule has 0 unspecified atom stereocenters. The van der Waals surface area contributed by atoms with Crippen molar-refractivity contribution in [3.05, 3.63) is 35.9 Å². The average Bonchev–Trinajstić information content (AvgIpc) is 3.22. The summed E-state index contributed by atoms with van der Waals surface area (Å²) in [6.07, 6.45) is 1.23. The van der Waals surface area contributed by atoms with E-state index in [1.54, 1.807) is 9.80 Å². The molecule has 0 aliphatic carbocycles. The van der Waals surface area contributed by atoms with Gasteiger partial charge in [0.05, 0.1) is 0 Å². The van der Waals surface area contributed by atoms with Gasteiger partial charge in [0.25, 0.3) is 0 Å². The van der Waals surface area contributed by atoms with Crippen molar-refractivity contribution in [1.82, 2.24) is 9.80 Å². The van der Waals surface area contributed by atoms with Crippen LogP contribution in [-0.4, -0.2) is 47.5 Å². The van der Waals surface area contributed by atoms with Crippen LogP contribution in [0.5, 0.6) is 0 Å². The molecule has 2 amide bonds. The van der Waals surface area contributed by atoms with Gasteiger partial charge in [-0.15, -0.1) is 0 Å². The molecular weight excluding hydrogens is 256 g/mol. The summed E-state index contributed by atoms with van der Waals surface area (Å²) in [5.41, 5.74) is 0.953. The predicted octanol–water partition coefficient (Wildman–Crippen LogP) is 1.63. The van der Waals surface area contributed by atoms with E-state index < -0.39 is 0 Å². The highest BCUT2D eigenvalue weighted by atomic mass is 16.6. The van der Waals surface area contributed by atoms with Gasteiger partial charge in [-0.3, -0.25) is 9.69 Å². The van der Waals surface area contributed by atoms with Crippen LogP contribution < -0.4 is 0 Å². The van der Waals surface area contributed by atoms with Gasteiger partial charge in [-0.1, -0.05) is 30.3 Å². The number of hydrogen-bond acceptors (Lipinski definition) is 3. The second-order valence-electron chi connectivity index (χ2n) is 5.22. The van der Waals surface area contributed by atoms with Crippen molar-refractivity contribution in [3.63, 3.8) is 0 Å². The number of carbonyl (C=O) groups is 2. The first-order valence-corrected chi connectivity index (χ1v) is 7.02. The lowest BCUT2D eigenvalue weighted by Gasteiger charge is -2.23. The molecule has 2 saturated heterocycles. The van der Waals surface area contributed by atoms with Gasteiger partial charge < -0.3 is 9.64 Å². The zero-order valence-electron chi connectivity index (χ0n) is 11.3. The van der Waals surface area contributed by atoms with Gasteiger partial charge in [0, 0.05) is 19.6 Å². The quantitative estimate of drug-likeness (QED) is 0.787. The molecule has 5 heteroatoms. The highest BCUT2D eigenvalue weighted by molar-refractivity contribution is 5.87. The standard InChI is InChI=1S/C15H18N2O3/c18-14(16-9-10-16)13-7-4-8-17(13)15(19)20-11-12-5-2-1-3-6-12/h1-3,5-6,13H,4,7-11H2/t13-/m0/s1. The topological polar surface area (TPSA) is 49.6 Å². The van der Waals surface area contributed by atoms with Gasteiger partial charge >= 0.3 is 6.09 Å². The number of likely N-dealkylation sites (tertiary alicyclic amines) is 1. The maximum atomic E-state index is 12.1. The average molecular weight is 274 g/mol. The van der Waals surface area contributed by atoms with Crippen LogP contribution in [0.1, 0.15) is 18.4 Å². The summed E-state index contributed by atoms with van der Waals surface area (Å²) in [5.74, 6) is 0.0687. The van der Waals surface area contributed by atoms with Crippen LogP contribution in [0, 0.1) is 0 Å². The van der Waals surface area contributed by atoms with Crippen LogP contribution >= 0.6 is 0 Å². The Morgan fingerprint density at radius 1 is 1.15 bits per heavy atom. The third-order valence-electron chi connectivity index (χ3n) is 3.74. The molecule has 2 aliphatic heterocycles. The number of ether oxygens (including phenoxy) is 1. The molecule has 0 N–H and O–H groups in total. The second-order valence-corrected chi connectivity index (χ2v) is 5.22. The molecule has 1 atom stereocenters. The summed E-state index contributed by atoms with van der Waals surface area (Å²) in [6, 6.07) is 9.24. The molecule has 0 radical (unpaired) electrons. The Hall–Kier alpha value is -2.04. The molecule has 3 rings (SSSR count). The lowest BCUT2D eigenvalue weighted by molar-refractivity contribution is -0.129. The minimum Gasteiger partial charge on any atom is -0.445 e. The van der Waals surface area contributed by atoms with Crippen molar-refractivity contribution >= 4 is 12.0 Å². The van der Waals surface area contributed by atoms with E-state index in [2.05, 4.69) is 0 Å². The van der Waals surface area contributed by atoms with Crippen molar-refractivity contribution < 1.29 is 14.3 Å². The number of hydrogen-bond donors (Lipinski definition) is 0. The summed E-state index contributed by atoms with van der Waals surface area (Å²) in [5, 5.41) is 0. The maximum absolute atomic E-state index is 12.1. The number of amides is 2. The number of benzene rings is 1. The van der Waals surface area contributed by atoms with Crippen LogP contribution in [0.2, 0.25) is 0 Å². The van der Waals surface area contributed by atoms with Crippen molar-refractivity contribution in [2.45, 2.75) is 25.5 Å². The predicted molar refractivity (Wildman–Crippen MR) is 72.9 cm³/mol. The van der Waals surface area contributed by atoms with Crippen LogP contribution in [0.4, 0.5) is 4.79 Å². The Morgan fingerprint density at radius 3 is 2.60 bits per heavy atom. The first kappa shape index (κ1) is 13.0. The molecule has 0 spiro atoms. The Bertz CT molecular complexity index is 499. The highest BCUT2D eigenvalue weighted by Crippen LogP contribution is 2.23. The SMILES string of the molecule is O=C([C@@H]1CCCN1C(=O)OCc1ccccc1)N1CC1. The molecular formula is C15H18N2O3. The fourth-order valence-electron chi connectivity index (χ4n) is 2.53. The highest BCUT2D eigenvalue weighted by Gasteiger charge is 2.40. The second kappa shape index (κ2) is 5.53. The van der Waals surface area contributed by atoms with Crippen molar-refractivity contribution in [3.8, 4) is 0 Å². The van der Waals surface area contributed by atoms with E-state index in [4.69, 9.17) is 4.74 Å². The normalized spacial score (nSPS) is 20.9. The smallest absolute Gasteiger partial charge is 0.410 e. The van der Waals surface area contributed by atoms with Gasteiger partial charge in [-0.2, -0.15) is 0 Å². The van der Waals surface area contributed by atoms with Crippen molar-refractivity contribution in [2.24, 2.45) is 0 Å². The van der Waals surface area contributed by atoms with Gasteiger partial charge in [0.1, 0.15) is 12.6 Å². The van der Waals surface area contributed by atoms with Crippen LogP contribution in [-0.2, 0) is 16.1 Å². The zero-order valence-corrected chi connectivity index (χ0v) is 11.3. The maximum Gasteiger partial charge on any atom is 0.410 e. The molecule has 20 heavy (non-hydrogen) atoms. The molecule has 5 nitrogen and oxygen atoms in total. The summed E-state index contributed by atoms with van der Waals surface area (Å²) >= 11 is 0. The molecule has 106 valence electrons. The van der Waals surface area contributed by atoms with E-state index in [1.165, 1.54) is 0 Å². The monoisotopic (exact) mass is 274 g/mol. The molecule has 0 saturated carbocycles. The number of rotatable bonds is 3. The van der Waals surface area contributed by atoms with Crippen LogP contribution in [0.3, 0.4) is 0 Å². The minimum atomic E-state index is -0.383. The van der Waals surface area contributed by atoms with E-state index in [1.807, 2.05) is 30.3 Å². The Balaban J connectivity index is 1.57. The lowest BCUT2D eigenvalue weighted by Crippen LogP contribution is -2.43. The summed E-state index contributed by atoms with van der Waals surface area (Å²) in [4.78, 5) is 27.5. The third-order valence-corrected chi connectivity index (χ3v) is 3.74. The first-order valence-electron chi connectivity index (χ1n) is 7.02. The fourth-order valence-corrected chi connectivity index (χ4v) is 2.53. The Morgan fingerprint density at radius 2 is 1.90 bits per heavy atom. The summed E-state index contributed by atoms with van der Waals surface area (Å²) in [6.45, 7) is 2.50. The molecule has 1 aromatic rings. The Kier molecular flexibility index (Phi) is 3.58. The third kappa shape index (κ3) is 2.76. The van der Waals surface area contributed by atoms with E-state index >= 15 is 0 Å². The number of nitrogens with zero attached hydrogens (tertiary/aromatic N) is 2. The fraction of sp³-hybridized carbons (Fsp3) is 0.467. The molecule has 0 aromatic heterocycles. The number of carbonyl (C=O) groups excluding carboxylic acids is 2. The van der Waals surface area contributed by atoms with Crippen molar-refractivity contribution in [1.29, 1.82) is 0 Å². The first-order chi connectivity index (χ1) is 9.75. The summed E-state index contributed by atoms with van der Waals surface area (Å²) in [7, 11) is 0. The molecule has 1 aromatic carbocycles. The molecule has 2 heterocycles. The minimum absolute atomic E-state index is 0.0687. The molecule has 2 fully saturated rings. The Labute approximate surface area is 118 Å². The zero-order chi connectivity index (χ0) is 13.9.